The van der Waals surface area contributed by atoms with Crippen molar-refractivity contribution in [1.82, 2.24) is 4.72 Å². The van der Waals surface area contributed by atoms with Crippen molar-refractivity contribution in [2.24, 2.45) is 11.8 Å². The summed E-state index contributed by atoms with van der Waals surface area (Å²) < 4.78 is 26.0. The van der Waals surface area contributed by atoms with Crippen LogP contribution in [0, 0.1) is 11.8 Å². The van der Waals surface area contributed by atoms with Gasteiger partial charge in [-0.05, 0) is 37.5 Å². The standard InChI is InChI=1S/C11H23NO3S/c1-9-4-5-11(8-10(9)2)12-16(14,15)7-3-6-13/h9-13H,3-8H2,1-2H3. The summed E-state index contributed by atoms with van der Waals surface area (Å²) in [6.07, 6.45) is 3.27. The number of rotatable bonds is 5. The van der Waals surface area contributed by atoms with Crippen LogP contribution >= 0.6 is 0 Å². The Morgan fingerprint density at radius 2 is 1.94 bits per heavy atom. The van der Waals surface area contributed by atoms with Gasteiger partial charge in [0.15, 0.2) is 0 Å². The molecule has 0 aromatic rings. The Labute approximate surface area is 98.5 Å². The van der Waals surface area contributed by atoms with Crippen LogP contribution in [-0.2, 0) is 10.0 Å². The highest BCUT2D eigenvalue weighted by molar-refractivity contribution is 7.89. The van der Waals surface area contributed by atoms with Crippen LogP contribution in [-0.4, -0.2) is 31.9 Å². The summed E-state index contributed by atoms with van der Waals surface area (Å²) in [5, 5.41) is 8.62. The van der Waals surface area contributed by atoms with Gasteiger partial charge in [0, 0.05) is 12.6 Å². The van der Waals surface area contributed by atoms with Gasteiger partial charge in [0.05, 0.1) is 5.75 Å². The van der Waals surface area contributed by atoms with Gasteiger partial charge >= 0.3 is 0 Å². The van der Waals surface area contributed by atoms with Crippen molar-refractivity contribution < 1.29 is 13.5 Å². The third-order valence-electron chi connectivity index (χ3n) is 3.52. The third-order valence-corrected chi connectivity index (χ3v) is 5.03. The van der Waals surface area contributed by atoms with Crippen molar-refractivity contribution in [3.05, 3.63) is 0 Å². The van der Waals surface area contributed by atoms with E-state index < -0.39 is 10.0 Å². The number of hydrogen-bond donors (Lipinski definition) is 2. The van der Waals surface area contributed by atoms with E-state index in [1.165, 1.54) is 0 Å². The van der Waals surface area contributed by atoms with Crippen LogP contribution in [0.1, 0.15) is 39.5 Å². The molecule has 0 bridgehead atoms. The van der Waals surface area contributed by atoms with E-state index in [0.717, 1.165) is 19.3 Å². The average molecular weight is 249 g/mol. The van der Waals surface area contributed by atoms with Crippen LogP contribution in [0.5, 0.6) is 0 Å². The van der Waals surface area contributed by atoms with Crippen molar-refractivity contribution in [2.75, 3.05) is 12.4 Å². The summed E-state index contributed by atoms with van der Waals surface area (Å²) in [5.41, 5.74) is 0. The summed E-state index contributed by atoms with van der Waals surface area (Å²) in [5.74, 6) is 1.31. The van der Waals surface area contributed by atoms with Crippen LogP contribution in [0.3, 0.4) is 0 Å². The maximum absolute atomic E-state index is 11.6. The molecule has 2 N–H and O–H groups in total. The molecule has 3 atom stereocenters. The lowest BCUT2D eigenvalue weighted by Gasteiger charge is -2.32. The van der Waals surface area contributed by atoms with E-state index in [9.17, 15) is 8.42 Å². The first-order valence-electron chi connectivity index (χ1n) is 6.05. The molecule has 0 radical (unpaired) electrons. The first-order chi connectivity index (χ1) is 7.44. The molecule has 0 aliphatic heterocycles. The second-order valence-corrected chi connectivity index (χ2v) is 6.85. The highest BCUT2D eigenvalue weighted by atomic mass is 32.2. The maximum atomic E-state index is 11.6. The molecule has 3 unspecified atom stereocenters. The number of hydrogen-bond acceptors (Lipinski definition) is 3. The predicted molar refractivity (Wildman–Crippen MR) is 64.6 cm³/mol. The van der Waals surface area contributed by atoms with Crippen LogP contribution < -0.4 is 4.72 Å². The fourth-order valence-electron chi connectivity index (χ4n) is 2.22. The molecule has 1 aliphatic carbocycles. The maximum Gasteiger partial charge on any atom is 0.211 e. The van der Waals surface area contributed by atoms with Gasteiger partial charge in [-0.25, -0.2) is 13.1 Å². The van der Waals surface area contributed by atoms with Crippen molar-refractivity contribution >= 4 is 10.0 Å². The van der Waals surface area contributed by atoms with Gasteiger partial charge in [0.25, 0.3) is 0 Å². The highest BCUT2D eigenvalue weighted by Gasteiger charge is 2.27. The zero-order valence-corrected chi connectivity index (χ0v) is 11.0. The lowest BCUT2D eigenvalue weighted by molar-refractivity contribution is 0.241. The van der Waals surface area contributed by atoms with Crippen molar-refractivity contribution in [3.63, 3.8) is 0 Å². The summed E-state index contributed by atoms with van der Waals surface area (Å²) in [6.45, 7) is 4.33. The normalized spacial score (nSPS) is 31.6. The number of nitrogens with one attached hydrogen (secondary N) is 1. The Kier molecular flexibility index (Phi) is 5.21. The number of aliphatic hydroxyl groups excluding tert-OH is 1. The molecule has 16 heavy (non-hydrogen) atoms. The molecule has 5 heteroatoms. The van der Waals surface area contributed by atoms with E-state index >= 15 is 0 Å². The Morgan fingerprint density at radius 3 is 2.50 bits per heavy atom. The molecule has 1 fully saturated rings. The lowest BCUT2D eigenvalue weighted by Crippen LogP contribution is -2.40. The minimum absolute atomic E-state index is 0.0317. The molecule has 4 nitrogen and oxygen atoms in total. The van der Waals surface area contributed by atoms with E-state index in [-0.39, 0.29) is 18.4 Å². The fourth-order valence-corrected chi connectivity index (χ4v) is 3.57. The molecule has 0 aromatic carbocycles. The minimum Gasteiger partial charge on any atom is -0.396 e. The average Bonchev–Trinajstić information content (AvgIpc) is 2.20. The minimum atomic E-state index is -3.19. The quantitative estimate of drug-likeness (QED) is 0.767. The smallest absolute Gasteiger partial charge is 0.211 e. The zero-order valence-electron chi connectivity index (χ0n) is 10.1. The monoisotopic (exact) mass is 249 g/mol. The second-order valence-electron chi connectivity index (χ2n) is 4.98. The van der Waals surface area contributed by atoms with Crippen molar-refractivity contribution in [1.29, 1.82) is 0 Å². The second kappa shape index (κ2) is 5.98. The Bertz CT molecular complexity index is 302. The van der Waals surface area contributed by atoms with Gasteiger partial charge < -0.3 is 5.11 Å². The molecule has 0 spiro atoms. The Hall–Kier alpha value is -0.130. The Morgan fingerprint density at radius 1 is 1.25 bits per heavy atom. The molecule has 1 rings (SSSR count). The fraction of sp³-hybridized carbons (Fsp3) is 1.00. The number of aliphatic hydroxyl groups is 1. The van der Waals surface area contributed by atoms with Gasteiger partial charge in [-0.3, -0.25) is 0 Å². The van der Waals surface area contributed by atoms with E-state index in [1.54, 1.807) is 0 Å². The predicted octanol–water partition coefficient (Wildman–Crippen LogP) is 1.11. The highest BCUT2D eigenvalue weighted by Crippen LogP contribution is 2.29. The molecule has 0 saturated heterocycles. The molecule has 1 saturated carbocycles. The summed E-state index contributed by atoms with van der Waals surface area (Å²) in [4.78, 5) is 0. The van der Waals surface area contributed by atoms with Crippen molar-refractivity contribution in [3.8, 4) is 0 Å². The molecule has 0 aromatic heterocycles. The lowest BCUT2D eigenvalue weighted by atomic mass is 9.79. The van der Waals surface area contributed by atoms with E-state index in [2.05, 4.69) is 18.6 Å². The summed E-state index contributed by atoms with van der Waals surface area (Å²) in [6, 6.07) is 0.0925. The van der Waals surface area contributed by atoms with Crippen LogP contribution in [0.4, 0.5) is 0 Å². The third kappa shape index (κ3) is 4.39. The van der Waals surface area contributed by atoms with E-state index in [4.69, 9.17) is 5.11 Å². The molecular formula is C11H23NO3S. The van der Waals surface area contributed by atoms with E-state index in [1.807, 2.05) is 0 Å². The first-order valence-corrected chi connectivity index (χ1v) is 7.70. The number of sulfonamides is 1. The molecule has 1 aliphatic rings. The summed E-state index contributed by atoms with van der Waals surface area (Å²) >= 11 is 0. The Balaban J connectivity index is 2.42. The van der Waals surface area contributed by atoms with Gasteiger partial charge in [-0.2, -0.15) is 0 Å². The van der Waals surface area contributed by atoms with Crippen LogP contribution in [0.25, 0.3) is 0 Å². The molecule has 0 heterocycles. The van der Waals surface area contributed by atoms with Gasteiger partial charge in [0.1, 0.15) is 0 Å². The zero-order chi connectivity index (χ0) is 12.2. The largest absolute Gasteiger partial charge is 0.396 e. The van der Waals surface area contributed by atoms with Crippen LogP contribution in [0.15, 0.2) is 0 Å². The SMILES string of the molecule is CC1CCC(NS(=O)(=O)CCCO)CC1C. The molecule has 96 valence electrons. The topological polar surface area (TPSA) is 66.4 Å². The van der Waals surface area contributed by atoms with Gasteiger partial charge in [-0.15, -0.1) is 0 Å². The van der Waals surface area contributed by atoms with Gasteiger partial charge in [0.2, 0.25) is 10.0 Å². The molecular weight excluding hydrogens is 226 g/mol. The van der Waals surface area contributed by atoms with E-state index in [0.29, 0.717) is 18.3 Å². The summed E-state index contributed by atoms with van der Waals surface area (Å²) in [7, 11) is -3.19. The molecule has 0 amide bonds. The van der Waals surface area contributed by atoms with Gasteiger partial charge in [-0.1, -0.05) is 13.8 Å². The van der Waals surface area contributed by atoms with Crippen LogP contribution in [0.2, 0.25) is 0 Å². The first kappa shape index (κ1) is 13.9. The van der Waals surface area contributed by atoms with Crippen molar-refractivity contribution in [2.45, 2.75) is 45.6 Å².